The van der Waals surface area contributed by atoms with E-state index >= 15 is 0 Å². The molecule has 0 spiro atoms. The molecule has 1 saturated heterocycles. The lowest BCUT2D eigenvalue weighted by molar-refractivity contribution is -0.0535. The molecule has 1 aliphatic heterocycles. The molecule has 1 rings (SSSR count). The standard InChI is InChI=1S/C11H22O3/c1-3-9(4-2)13-8-11-6-5-10(7-12)14-11/h9-12H,3-8H2,1-2H3. The minimum absolute atomic E-state index is 0.0466. The van der Waals surface area contributed by atoms with E-state index in [-0.39, 0.29) is 18.8 Å². The lowest BCUT2D eigenvalue weighted by Gasteiger charge is -2.17. The van der Waals surface area contributed by atoms with Crippen LogP contribution in [0.5, 0.6) is 0 Å². The van der Waals surface area contributed by atoms with Gasteiger partial charge in [0, 0.05) is 0 Å². The van der Waals surface area contributed by atoms with Crippen LogP contribution in [0.3, 0.4) is 0 Å². The molecule has 1 aliphatic rings. The molecule has 84 valence electrons. The Labute approximate surface area is 86.4 Å². The highest BCUT2D eigenvalue weighted by Crippen LogP contribution is 2.20. The summed E-state index contributed by atoms with van der Waals surface area (Å²) in [6.07, 6.45) is 4.72. The normalized spacial score (nSPS) is 27.4. The average Bonchev–Trinajstić information content (AvgIpc) is 2.67. The van der Waals surface area contributed by atoms with Gasteiger partial charge in [0.05, 0.1) is 31.5 Å². The summed E-state index contributed by atoms with van der Waals surface area (Å²) in [4.78, 5) is 0. The molecule has 1 N–H and O–H groups in total. The molecule has 1 fully saturated rings. The van der Waals surface area contributed by atoms with E-state index in [0.717, 1.165) is 25.7 Å². The molecule has 0 saturated carbocycles. The topological polar surface area (TPSA) is 38.7 Å². The van der Waals surface area contributed by atoms with Crippen molar-refractivity contribution in [3.05, 3.63) is 0 Å². The quantitative estimate of drug-likeness (QED) is 0.713. The van der Waals surface area contributed by atoms with Gasteiger partial charge in [-0.25, -0.2) is 0 Å². The van der Waals surface area contributed by atoms with Gasteiger partial charge in [0.1, 0.15) is 0 Å². The van der Waals surface area contributed by atoms with Crippen LogP contribution in [0.1, 0.15) is 39.5 Å². The van der Waals surface area contributed by atoms with E-state index in [9.17, 15) is 0 Å². The van der Waals surface area contributed by atoms with Crippen LogP contribution < -0.4 is 0 Å². The maximum Gasteiger partial charge on any atom is 0.0814 e. The first-order valence-corrected chi connectivity index (χ1v) is 5.68. The number of hydrogen-bond acceptors (Lipinski definition) is 3. The predicted molar refractivity (Wildman–Crippen MR) is 55.3 cm³/mol. The van der Waals surface area contributed by atoms with Gasteiger partial charge >= 0.3 is 0 Å². The second kappa shape index (κ2) is 6.38. The van der Waals surface area contributed by atoms with Crippen LogP contribution in [-0.2, 0) is 9.47 Å². The van der Waals surface area contributed by atoms with Gasteiger partial charge in [-0.15, -0.1) is 0 Å². The summed E-state index contributed by atoms with van der Waals surface area (Å²) < 4.78 is 11.3. The van der Waals surface area contributed by atoms with Crippen molar-refractivity contribution in [2.24, 2.45) is 0 Å². The average molecular weight is 202 g/mol. The van der Waals surface area contributed by atoms with Crippen molar-refractivity contribution in [2.45, 2.75) is 57.8 Å². The summed E-state index contributed by atoms with van der Waals surface area (Å²) in [5, 5.41) is 8.89. The van der Waals surface area contributed by atoms with E-state index in [1.54, 1.807) is 0 Å². The SMILES string of the molecule is CCC(CC)OCC1CCC(CO)O1. The molecule has 3 heteroatoms. The first kappa shape index (κ1) is 12.0. The van der Waals surface area contributed by atoms with Gasteiger partial charge in [0.15, 0.2) is 0 Å². The van der Waals surface area contributed by atoms with Crippen molar-refractivity contribution in [3.8, 4) is 0 Å². The van der Waals surface area contributed by atoms with Crippen molar-refractivity contribution in [1.82, 2.24) is 0 Å². The molecule has 0 aliphatic carbocycles. The van der Waals surface area contributed by atoms with Crippen LogP contribution in [0.4, 0.5) is 0 Å². The van der Waals surface area contributed by atoms with Crippen molar-refractivity contribution in [2.75, 3.05) is 13.2 Å². The Morgan fingerprint density at radius 3 is 2.43 bits per heavy atom. The second-order valence-corrected chi connectivity index (χ2v) is 3.91. The third-order valence-electron chi connectivity index (χ3n) is 2.83. The van der Waals surface area contributed by atoms with Gasteiger partial charge in [-0.2, -0.15) is 0 Å². The first-order valence-electron chi connectivity index (χ1n) is 5.68. The van der Waals surface area contributed by atoms with E-state index in [1.807, 2.05) is 0 Å². The minimum atomic E-state index is 0.0466. The zero-order valence-corrected chi connectivity index (χ0v) is 9.24. The van der Waals surface area contributed by atoms with Crippen molar-refractivity contribution in [3.63, 3.8) is 0 Å². The Balaban J connectivity index is 2.13. The molecule has 14 heavy (non-hydrogen) atoms. The largest absolute Gasteiger partial charge is 0.394 e. The van der Waals surface area contributed by atoms with Crippen LogP contribution in [0.25, 0.3) is 0 Å². The summed E-state index contributed by atoms with van der Waals surface area (Å²) in [5.74, 6) is 0. The molecule has 0 amide bonds. The Morgan fingerprint density at radius 1 is 1.29 bits per heavy atom. The van der Waals surface area contributed by atoms with Crippen LogP contribution in [0.15, 0.2) is 0 Å². The molecule has 0 aromatic rings. The zero-order chi connectivity index (χ0) is 10.4. The van der Waals surface area contributed by atoms with Gasteiger partial charge in [0.2, 0.25) is 0 Å². The van der Waals surface area contributed by atoms with E-state index in [0.29, 0.717) is 12.7 Å². The molecule has 0 bridgehead atoms. The fraction of sp³-hybridized carbons (Fsp3) is 1.00. The van der Waals surface area contributed by atoms with E-state index in [1.165, 1.54) is 0 Å². The molecule has 2 atom stereocenters. The maximum atomic E-state index is 8.89. The number of rotatable bonds is 6. The molecule has 0 aromatic carbocycles. The van der Waals surface area contributed by atoms with Crippen molar-refractivity contribution >= 4 is 0 Å². The van der Waals surface area contributed by atoms with Gasteiger partial charge in [-0.05, 0) is 25.7 Å². The molecule has 0 radical (unpaired) electrons. The number of ether oxygens (including phenoxy) is 2. The van der Waals surface area contributed by atoms with Crippen LogP contribution in [-0.4, -0.2) is 36.6 Å². The predicted octanol–water partition coefficient (Wildman–Crippen LogP) is 1.73. The zero-order valence-electron chi connectivity index (χ0n) is 9.24. The molecule has 2 unspecified atom stereocenters. The van der Waals surface area contributed by atoms with Crippen LogP contribution in [0, 0.1) is 0 Å². The van der Waals surface area contributed by atoms with Gasteiger partial charge in [-0.1, -0.05) is 13.8 Å². The van der Waals surface area contributed by atoms with E-state index in [2.05, 4.69) is 13.8 Å². The first-order chi connectivity index (χ1) is 6.80. The van der Waals surface area contributed by atoms with Crippen molar-refractivity contribution in [1.29, 1.82) is 0 Å². The highest BCUT2D eigenvalue weighted by atomic mass is 16.6. The molecular formula is C11H22O3. The second-order valence-electron chi connectivity index (χ2n) is 3.91. The highest BCUT2D eigenvalue weighted by Gasteiger charge is 2.25. The Bertz CT molecular complexity index is 145. The van der Waals surface area contributed by atoms with E-state index in [4.69, 9.17) is 14.6 Å². The maximum absolute atomic E-state index is 8.89. The lowest BCUT2D eigenvalue weighted by atomic mass is 10.2. The summed E-state index contributed by atoms with van der Waals surface area (Å²) in [7, 11) is 0. The minimum Gasteiger partial charge on any atom is -0.394 e. The van der Waals surface area contributed by atoms with E-state index < -0.39 is 0 Å². The van der Waals surface area contributed by atoms with Crippen LogP contribution in [0.2, 0.25) is 0 Å². The van der Waals surface area contributed by atoms with Crippen molar-refractivity contribution < 1.29 is 14.6 Å². The third kappa shape index (κ3) is 3.56. The smallest absolute Gasteiger partial charge is 0.0814 e. The molecular weight excluding hydrogens is 180 g/mol. The molecule has 1 heterocycles. The molecule has 3 nitrogen and oxygen atoms in total. The third-order valence-corrected chi connectivity index (χ3v) is 2.83. The summed E-state index contributed by atoms with van der Waals surface area (Å²) in [6, 6.07) is 0. The fourth-order valence-electron chi connectivity index (χ4n) is 1.80. The Kier molecular flexibility index (Phi) is 5.45. The summed E-state index contributed by atoms with van der Waals surface area (Å²) in [6.45, 7) is 5.10. The van der Waals surface area contributed by atoms with Gasteiger partial charge < -0.3 is 14.6 Å². The number of aliphatic hydroxyl groups excluding tert-OH is 1. The summed E-state index contributed by atoms with van der Waals surface area (Å²) in [5.41, 5.74) is 0. The van der Waals surface area contributed by atoms with Gasteiger partial charge in [-0.3, -0.25) is 0 Å². The number of hydrogen-bond donors (Lipinski definition) is 1. The number of aliphatic hydroxyl groups is 1. The Morgan fingerprint density at radius 2 is 1.93 bits per heavy atom. The Hall–Kier alpha value is -0.120. The lowest BCUT2D eigenvalue weighted by Crippen LogP contribution is -2.22. The monoisotopic (exact) mass is 202 g/mol. The summed E-state index contributed by atoms with van der Waals surface area (Å²) >= 11 is 0. The van der Waals surface area contributed by atoms with Crippen LogP contribution >= 0.6 is 0 Å². The molecule has 0 aromatic heterocycles. The highest BCUT2D eigenvalue weighted by molar-refractivity contribution is 4.72. The fourth-order valence-corrected chi connectivity index (χ4v) is 1.80. The van der Waals surface area contributed by atoms with Gasteiger partial charge in [0.25, 0.3) is 0 Å².